The molecular formula is C18H32N2O2S2. The molecule has 2 saturated carbocycles. The molecule has 2 fully saturated rings. The summed E-state index contributed by atoms with van der Waals surface area (Å²) in [5.74, 6) is 2.02. The van der Waals surface area contributed by atoms with Crippen molar-refractivity contribution in [3.63, 3.8) is 0 Å². The van der Waals surface area contributed by atoms with Gasteiger partial charge in [0.25, 0.3) is 0 Å². The maximum atomic E-state index is 11.9. The van der Waals surface area contributed by atoms with E-state index in [1.807, 2.05) is 0 Å². The Morgan fingerprint density at radius 1 is 0.667 bits per heavy atom. The molecule has 0 saturated heterocycles. The number of rotatable bonds is 9. The average Bonchev–Trinajstić information content (AvgIpc) is 2.60. The normalized spacial score (nSPS) is 19.8. The van der Waals surface area contributed by atoms with Crippen LogP contribution in [0.2, 0.25) is 0 Å². The number of nitrogens with one attached hydrogen (secondary N) is 2. The predicted octanol–water partition coefficient (Wildman–Crippen LogP) is 4.05. The summed E-state index contributed by atoms with van der Waals surface area (Å²) >= 11 is 0. The molecule has 2 rings (SSSR count). The van der Waals surface area contributed by atoms with E-state index in [2.05, 4.69) is 10.6 Å². The molecule has 0 bridgehead atoms. The van der Waals surface area contributed by atoms with Crippen LogP contribution in [0.1, 0.15) is 77.0 Å². The molecule has 24 heavy (non-hydrogen) atoms. The first-order chi connectivity index (χ1) is 11.7. The summed E-state index contributed by atoms with van der Waals surface area (Å²) in [6, 6.07) is 0.819. The van der Waals surface area contributed by atoms with Crippen LogP contribution in [0.4, 0.5) is 0 Å². The van der Waals surface area contributed by atoms with Crippen molar-refractivity contribution in [1.29, 1.82) is 0 Å². The van der Waals surface area contributed by atoms with E-state index in [0.717, 1.165) is 37.2 Å². The van der Waals surface area contributed by atoms with Gasteiger partial charge in [-0.25, -0.2) is 0 Å². The monoisotopic (exact) mass is 372 g/mol. The highest BCUT2D eigenvalue weighted by Crippen LogP contribution is 2.23. The molecule has 4 nitrogen and oxygen atoms in total. The first-order valence-electron chi connectivity index (χ1n) is 9.57. The van der Waals surface area contributed by atoms with E-state index >= 15 is 0 Å². The van der Waals surface area contributed by atoms with Crippen LogP contribution in [0.5, 0.6) is 0 Å². The highest BCUT2D eigenvalue weighted by atomic mass is 33.1. The molecule has 2 amide bonds. The zero-order valence-electron chi connectivity index (χ0n) is 14.7. The van der Waals surface area contributed by atoms with Crippen LogP contribution in [0.3, 0.4) is 0 Å². The molecule has 0 atom stereocenters. The first kappa shape index (κ1) is 20.0. The Morgan fingerprint density at radius 2 is 1.04 bits per heavy atom. The summed E-state index contributed by atoms with van der Waals surface area (Å²) in [5.41, 5.74) is 0. The van der Waals surface area contributed by atoms with Gasteiger partial charge in [-0.15, -0.1) is 0 Å². The van der Waals surface area contributed by atoms with Gasteiger partial charge in [-0.3, -0.25) is 9.59 Å². The minimum absolute atomic E-state index is 0.185. The second kappa shape index (κ2) is 12.1. The Morgan fingerprint density at radius 3 is 1.42 bits per heavy atom. The van der Waals surface area contributed by atoms with Gasteiger partial charge in [-0.2, -0.15) is 0 Å². The third-order valence-corrected chi connectivity index (χ3v) is 7.26. The second-order valence-corrected chi connectivity index (χ2v) is 9.65. The molecule has 0 aromatic rings. The Labute approximate surface area is 154 Å². The van der Waals surface area contributed by atoms with E-state index in [0.29, 0.717) is 24.9 Å². The molecule has 0 aromatic carbocycles. The molecule has 0 heterocycles. The van der Waals surface area contributed by atoms with Crippen LogP contribution in [-0.4, -0.2) is 35.4 Å². The minimum Gasteiger partial charge on any atom is -0.353 e. The molecule has 0 aliphatic heterocycles. The molecule has 6 heteroatoms. The second-order valence-electron chi connectivity index (χ2n) is 6.95. The van der Waals surface area contributed by atoms with Crippen LogP contribution in [-0.2, 0) is 9.59 Å². The van der Waals surface area contributed by atoms with Crippen molar-refractivity contribution in [2.45, 2.75) is 89.1 Å². The Kier molecular flexibility index (Phi) is 10.0. The third kappa shape index (κ3) is 8.65. The maximum Gasteiger partial charge on any atom is 0.221 e. The largest absolute Gasteiger partial charge is 0.353 e. The van der Waals surface area contributed by atoms with Gasteiger partial charge in [-0.1, -0.05) is 60.1 Å². The van der Waals surface area contributed by atoms with Crippen LogP contribution < -0.4 is 10.6 Å². The van der Waals surface area contributed by atoms with Gasteiger partial charge in [0.1, 0.15) is 0 Å². The summed E-state index contributed by atoms with van der Waals surface area (Å²) in [6.45, 7) is 0. The highest BCUT2D eigenvalue weighted by molar-refractivity contribution is 8.76. The van der Waals surface area contributed by atoms with Crippen molar-refractivity contribution in [2.75, 3.05) is 11.5 Å². The molecule has 0 radical (unpaired) electrons. The number of hydrogen-bond acceptors (Lipinski definition) is 4. The fourth-order valence-electron chi connectivity index (χ4n) is 3.48. The molecule has 0 unspecified atom stereocenters. The van der Waals surface area contributed by atoms with Crippen molar-refractivity contribution >= 4 is 33.4 Å². The first-order valence-corrected chi connectivity index (χ1v) is 12.1. The van der Waals surface area contributed by atoms with Gasteiger partial charge in [0.15, 0.2) is 0 Å². The molecule has 2 aliphatic rings. The van der Waals surface area contributed by atoms with Crippen molar-refractivity contribution in [3.8, 4) is 0 Å². The summed E-state index contributed by atoms with van der Waals surface area (Å²) in [7, 11) is 3.41. The van der Waals surface area contributed by atoms with Gasteiger partial charge >= 0.3 is 0 Å². The fourth-order valence-corrected chi connectivity index (χ4v) is 5.46. The lowest BCUT2D eigenvalue weighted by Crippen LogP contribution is -2.36. The molecule has 2 N–H and O–H groups in total. The quantitative estimate of drug-likeness (QED) is 0.474. The van der Waals surface area contributed by atoms with Crippen LogP contribution in [0, 0.1) is 0 Å². The van der Waals surface area contributed by atoms with Gasteiger partial charge in [0.05, 0.1) is 0 Å². The van der Waals surface area contributed by atoms with E-state index in [4.69, 9.17) is 0 Å². The smallest absolute Gasteiger partial charge is 0.221 e. The van der Waals surface area contributed by atoms with Gasteiger partial charge in [0.2, 0.25) is 11.8 Å². The molecular weight excluding hydrogens is 340 g/mol. The lowest BCUT2D eigenvalue weighted by molar-refractivity contribution is -0.122. The maximum absolute atomic E-state index is 11.9. The number of carbonyl (C=O) groups excluding carboxylic acids is 2. The van der Waals surface area contributed by atoms with Crippen molar-refractivity contribution in [2.24, 2.45) is 0 Å². The van der Waals surface area contributed by atoms with E-state index in [1.54, 1.807) is 21.6 Å². The van der Waals surface area contributed by atoms with E-state index < -0.39 is 0 Å². The zero-order valence-corrected chi connectivity index (χ0v) is 16.3. The van der Waals surface area contributed by atoms with Crippen LogP contribution >= 0.6 is 21.6 Å². The summed E-state index contributed by atoms with van der Waals surface area (Å²) in [6.07, 6.45) is 13.4. The van der Waals surface area contributed by atoms with Crippen LogP contribution in [0.25, 0.3) is 0 Å². The van der Waals surface area contributed by atoms with Crippen molar-refractivity contribution in [3.05, 3.63) is 0 Å². The summed E-state index contributed by atoms with van der Waals surface area (Å²) in [4.78, 5) is 23.8. The number of amides is 2. The standard InChI is InChI=1S/C18H32N2O2S2/c21-17(19-15-7-3-1-4-8-15)11-13-23-24-14-12-18(22)20-16-9-5-2-6-10-16/h15-16H,1-14H2,(H,19,21)(H,20,22). The molecule has 138 valence electrons. The predicted molar refractivity (Wildman–Crippen MR) is 104 cm³/mol. The fraction of sp³-hybridized carbons (Fsp3) is 0.889. The van der Waals surface area contributed by atoms with Crippen molar-refractivity contribution < 1.29 is 9.59 Å². The topological polar surface area (TPSA) is 58.2 Å². The zero-order chi connectivity index (χ0) is 17.0. The van der Waals surface area contributed by atoms with Gasteiger partial charge in [-0.05, 0) is 25.7 Å². The lowest BCUT2D eigenvalue weighted by Gasteiger charge is -2.22. The van der Waals surface area contributed by atoms with Crippen LogP contribution in [0.15, 0.2) is 0 Å². The Balaban J connectivity index is 1.41. The lowest BCUT2D eigenvalue weighted by atomic mass is 9.95. The molecule has 2 aliphatic carbocycles. The Hall–Kier alpha value is -0.360. The molecule has 0 aromatic heterocycles. The van der Waals surface area contributed by atoms with E-state index in [9.17, 15) is 9.59 Å². The number of carbonyl (C=O) groups is 2. The number of hydrogen-bond donors (Lipinski definition) is 2. The van der Waals surface area contributed by atoms with Gasteiger partial charge < -0.3 is 10.6 Å². The van der Waals surface area contributed by atoms with E-state index in [-0.39, 0.29) is 11.8 Å². The summed E-state index contributed by atoms with van der Waals surface area (Å²) in [5, 5.41) is 6.30. The average molecular weight is 373 g/mol. The Bertz CT molecular complexity index is 345. The van der Waals surface area contributed by atoms with Crippen molar-refractivity contribution in [1.82, 2.24) is 10.6 Å². The molecule has 0 spiro atoms. The minimum atomic E-state index is 0.185. The highest BCUT2D eigenvalue weighted by Gasteiger charge is 2.16. The van der Waals surface area contributed by atoms with Gasteiger partial charge in [0, 0.05) is 36.4 Å². The SMILES string of the molecule is O=C(CCSSCCC(=O)NC1CCCCC1)NC1CCCCC1. The summed E-state index contributed by atoms with van der Waals surface area (Å²) < 4.78 is 0. The van der Waals surface area contributed by atoms with E-state index in [1.165, 1.54) is 38.5 Å². The third-order valence-electron chi connectivity index (χ3n) is 4.85.